The zero-order chi connectivity index (χ0) is 13.7. The van der Waals surface area contributed by atoms with E-state index < -0.39 is 0 Å². The Hall–Kier alpha value is -1.47. The van der Waals surface area contributed by atoms with Gasteiger partial charge in [0.2, 0.25) is 5.91 Å². The average molecular weight is 267 g/mol. The minimum Gasteiger partial charge on any atom is -0.379 e. The molecule has 1 aromatic heterocycles. The highest BCUT2D eigenvalue weighted by Gasteiger charge is 2.19. The van der Waals surface area contributed by atoms with E-state index in [1.54, 1.807) is 11.0 Å². The summed E-state index contributed by atoms with van der Waals surface area (Å²) in [5.41, 5.74) is 0. The van der Waals surface area contributed by atoms with Gasteiger partial charge in [0, 0.05) is 25.7 Å². The first kappa shape index (κ1) is 14.0. The van der Waals surface area contributed by atoms with Gasteiger partial charge in [0.05, 0.1) is 13.2 Å². The Morgan fingerprint density at radius 3 is 2.79 bits per heavy atom. The fourth-order valence-corrected chi connectivity index (χ4v) is 2.12. The molecule has 2 atom stereocenters. The summed E-state index contributed by atoms with van der Waals surface area (Å²) >= 11 is 0. The van der Waals surface area contributed by atoms with E-state index in [9.17, 15) is 4.79 Å². The summed E-state index contributed by atoms with van der Waals surface area (Å²) in [5, 5.41) is 6.98. The fourth-order valence-electron chi connectivity index (χ4n) is 2.12. The highest BCUT2D eigenvalue weighted by atomic mass is 16.5. The number of aromatic nitrogens is 3. The summed E-state index contributed by atoms with van der Waals surface area (Å²) in [7, 11) is 0. The van der Waals surface area contributed by atoms with E-state index >= 15 is 0 Å². The summed E-state index contributed by atoms with van der Waals surface area (Å²) in [6, 6.07) is -0.230. The van der Waals surface area contributed by atoms with Crippen LogP contribution in [0.15, 0.2) is 12.7 Å². The van der Waals surface area contributed by atoms with E-state index in [1.807, 2.05) is 13.8 Å². The molecule has 1 saturated heterocycles. The van der Waals surface area contributed by atoms with Crippen molar-refractivity contribution in [1.82, 2.24) is 25.0 Å². The molecule has 0 spiro atoms. The lowest BCUT2D eigenvalue weighted by Gasteiger charge is -2.29. The third-order valence-electron chi connectivity index (χ3n) is 3.24. The second kappa shape index (κ2) is 6.63. The molecule has 0 aromatic carbocycles. The number of morpholine rings is 1. The molecule has 1 N–H and O–H groups in total. The first-order valence-corrected chi connectivity index (χ1v) is 6.61. The molecule has 1 amide bonds. The molecule has 1 aliphatic rings. The van der Waals surface area contributed by atoms with Gasteiger partial charge in [-0.2, -0.15) is 5.10 Å². The van der Waals surface area contributed by atoms with Crippen LogP contribution in [0, 0.1) is 0 Å². The van der Waals surface area contributed by atoms with Crippen LogP contribution in [-0.2, 0) is 9.53 Å². The number of hydrogen-bond acceptors (Lipinski definition) is 5. The number of nitrogens with one attached hydrogen (secondary N) is 1. The largest absolute Gasteiger partial charge is 0.379 e. The smallest absolute Gasteiger partial charge is 0.244 e. The third-order valence-corrected chi connectivity index (χ3v) is 3.24. The van der Waals surface area contributed by atoms with Crippen molar-refractivity contribution in [2.24, 2.45) is 0 Å². The second-order valence-corrected chi connectivity index (χ2v) is 4.87. The predicted molar refractivity (Wildman–Crippen MR) is 69.6 cm³/mol. The monoisotopic (exact) mass is 267 g/mol. The van der Waals surface area contributed by atoms with E-state index in [0.717, 1.165) is 32.8 Å². The maximum Gasteiger partial charge on any atom is 0.244 e. The summed E-state index contributed by atoms with van der Waals surface area (Å²) < 4.78 is 6.85. The van der Waals surface area contributed by atoms with Gasteiger partial charge in [-0.15, -0.1) is 0 Å². The first-order valence-electron chi connectivity index (χ1n) is 6.61. The summed E-state index contributed by atoms with van der Waals surface area (Å²) in [4.78, 5) is 18.2. The molecule has 7 nitrogen and oxygen atoms in total. The topological polar surface area (TPSA) is 72.3 Å². The van der Waals surface area contributed by atoms with Crippen molar-refractivity contribution in [1.29, 1.82) is 0 Å². The molecule has 2 heterocycles. The molecular formula is C12H21N5O2. The molecular weight excluding hydrogens is 246 g/mol. The van der Waals surface area contributed by atoms with Crippen molar-refractivity contribution < 1.29 is 9.53 Å². The van der Waals surface area contributed by atoms with Crippen LogP contribution in [0.3, 0.4) is 0 Å². The summed E-state index contributed by atoms with van der Waals surface area (Å²) in [5.74, 6) is -0.0359. The predicted octanol–water partition coefficient (Wildman–Crippen LogP) is -0.324. The number of carbonyl (C=O) groups excluding carboxylic acids is 1. The summed E-state index contributed by atoms with van der Waals surface area (Å²) in [6.45, 7) is 8.08. The Morgan fingerprint density at radius 1 is 1.42 bits per heavy atom. The van der Waals surface area contributed by atoms with Crippen molar-refractivity contribution in [3.63, 3.8) is 0 Å². The lowest BCUT2D eigenvalue weighted by Crippen LogP contribution is -2.47. The van der Waals surface area contributed by atoms with Gasteiger partial charge in [-0.3, -0.25) is 9.69 Å². The molecule has 0 aliphatic carbocycles. The number of nitrogens with zero attached hydrogens (tertiary/aromatic N) is 4. The van der Waals surface area contributed by atoms with E-state index in [0.29, 0.717) is 0 Å². The van der Waals surface area contributed by atoms with Crippen LogP contribution in [0.1, 0.15) is 19.9 Å². The maximum absolute atomic E-state index is 12.1. The van der Waals surface area contributed by atoms with Crippen molar-refractivity contribution in [2.45, 2.75) is 25.9 Å². The summed E-state index contributed by atoms with van der Waals surface area (Å²) in [6.07, 6.45) is 2.98. The number of rotatable bonds is 5. The minimum atomic E-state index is -0.338. The molecule has 7 heteroatoms. The zero-order valence-corrected chi connectivity index (χ0v) is 11.5. The van der Waals surface area contributed by atoms with Crippen LogP contribution in [0.25, 0.3) is 0 Å². The van der Waals surface area contributed by atoms with Crippen molar-refractivity contribution in [2.75, 3.05) is 32.8 Å². The Bertz CT molecular complexity index is 389. The third kappa shape index (κ3) is 4.00. The van der Waals surface area contributed by atoms with Gasteiger partial charge in [-0.1, -0.05) is 0 Å². The Labute approximate surface area is 112 Å². The highest BCUT2D eigenvalue weighted by molar-refractivity contribution is 5.79. The van der Waals surface area contributed by atoms with Gasteiger partial charge >= 0.3 is 0 Å². The minimum absolute atomic E-state index is 0.0359. The molecule has 0 bridgehead atoms. The highest BCUT2D eigenvalue weighted by Crippen LogP contribution is 2.04. The molecule has 0 unspecified atom stereocenters. The van der Waals surface area contributed by atoms with Crippen LogP contribution in [0.2, 0.25) is 0 Å². The van der Waals surface area contributed by atoms with Crippen LogP contribution in [0.4, 0.5) is 0 Å². The second-order valence-electron chi connectivity index (χ2n) is 4.87. The molecule has 19 heavy (non-hydrogen) atoms. The van der Waals surface area contributed by atoms with Crippen LogP contribution in [-0.4, -0.2) is 64.5 Å². The quantitative estimate of drug-likeness (QED) is 0.791. The molecule has 106 valence electrons. The standard InChI is InChI=1S/C12H21N5O2/c1-10(7-16-3-5-19-6-4-16)15-12(18)11(2)17-9-13-8-14-17/h8-11H,3-7H2,1-2H3,(H,15,18)/t10-,11-/m0/s1. The van der Waals surface area contributed by atoms with Crippen LogP contribution in [0.5, 0.6) is 0 Å². The Kier molecular flexibility index (Phi) is 4.86. The number of hydrogen-bond donors (Lipinski definition) is 1. The maximum atomic E-state index is 12.1. The SMILES string of the molecule is C[C@@H](CN1CCOCC1)NC(=O)[C@H](C)n1cncn1. The lowest BCUT2D eigenvalue weighted by atomic mass is 10.2. The molecule has 1 aromatic rings. The molecule has 1 aliphatic heterocycles. The van der Waals surface area contributed by atoms with Gasteiger partial charge in [-0.05, 0) is 13.8 Å². The first-order chi connectivity index (χ1) is 9.16. The van der Waals surface area contributed by atoms with Gasteiger partial charge in [0.25, 0.3) is 0 Å². The van der Waals surface area contributed by atoms with E-state index in [1.165, 1.54) is 6.33 Å². The van der Waals surface area contributed by atoms with Crippen LogP contribution < -0.4 is 5.32 Å². The molecule has 1 fully saturated rings. The van der Waals surface area contributed by atoms with E-state index in [2.05, 4.69) is 20.3 Å². The van der Waals surface area contributed by atoms with Crippen LogP contribution >= 0.6 is 0 Å². The van der Waals surface area contributed by atoms with Gasteiger partial charge in [-0.25, -0.2) is 9.67 Å². The van der Waals surface area contributed by atoms with Crippen molar-refractivity contribution in [3.05, 3.63) is 12.7 Å². The van der Waals surface area contributed by atoms with Crippen molar-refractivity contribution in [3.8, 4) is 0 Å². The molecule has 2 rings (SSSR count). The molecule has 0 radical (unpaired) electrons. The fraction of sp³-hybridized carbons (Fsp3) is 0.750. The zero-order valence-electron chi connectivity index (χ0n) is 11.5. The number of amides is 1. The lowest BCUT2D eigenvalue weighted by molar-refractivity contribution is -0.124. The van der Waals surface area contributed by atoms with Gasteiger partial charge < -0.3 is 10.1 Å². The average Bonchev–Trinajstić information content (AvgIpc) is 2.92. The van der Waals surface area contributed by atoms with E-state index in [-0.39, 0.29) is 18.0 Å². The number of carbonyl (C=O) groups is 1. The Balaban J connectivity index is 1.77. The van der Waals surface area contributed by atoms with E-state index in [4.69, 9.17) is 4.74 Å². The van der Waals surface area contributed by atoms with Crippen molar-refractivity contribution >= 4 is 5.91 Å². The number of ether oxygens (including phenoxy) is 1. The normalized spacial score (nSPS) is 19.9. The van der Waals surface area contributed by atoms with Gasteiger partial charge in [0.15, 0.2) is 0 Å². The van der Waals surface area contributed by atoms with Gasteiger partial charge in [0.1, 0.15) is 18.7 Å². The molecule has 0 saturated carbocycles. The Morgan fingerprint density at radius 2 is 2.16 bits per heavy atom.